The van der Waals surface area contributed by atoms with E-state index in [4.69, 9.17) is 14.2 Å². The molecule has 7 heteroatoms. The van der Waals surface area contributed by atoms with Crippen LogP contribution in [0.15, 0.2) is 42.6 Å². The van der Waals surface area contributed by atoms with Crippen LogP contribution in [0.1, 0.15) is 16.8 Å². The highest BCUT2D eigenvalue weighted by atomic mass is 16.5. The van der Waals surface area contributed by atoms with Gasteiger partial charge in [0.05, 0.1) is 33.2 Å². The van der Waals surface area contributed by atoms with Gasteiger partial charge in [0.15, 0.2) is 11.5 Å². The topological polar surface area (TPSA) is 75.4 Å². The molecule has 1 aliphatic heterocycles. The standard InChI is InChI=1S/C24H26N4O3/c1-29-21-10-15(11-22(30-2)24(21)31-3)23-16(12-25-27-23)13-28-9-8-18-17-6-4-5-7-19(17)26-20(18)14-28/h4-7,10-12,26H,8-9,13-14H2,1-3H3,(H,25,27). The summed E-state index contributed by atoms with van der Waals surface area (Å²) in [6.07, 6.45) is 2.94. The average molecular weight is 418 g/mol. The minimum absolute atomic E-state index is 0.581. The van der Waals surface area contributed by atoms with Crippen LogP contribution in [-0.4, -0.2) is 48.0 Å². The van der Waals surface area contributed by atoms with E-state index in [0.29, 0.717) is 17.2 Å². The molecule has 160 valence electrons. The third-order valence-electron chi connectivity index (χ3n) is 6.03. The number of nitrogens with one attached hydrogen (secondary N) is 2. The number of benzene rings is 2. The molecule has 0 bridgehead atoms. The quantitative estimate of drug-likeness (QED) is 0.492. The van der Waals surface area contributed by atoms with Crippen LogP contribution in [0.3, 0.4) is 0 Å². The Labute approximate surface area is 180 Å². The van der Waals surface area contributed by atoms with Crippen LogP contribution in [0.25, 0.3) is 22.2 Å². The van der Waals surface area contributed by atoms with Crippen molar-refractivity contribution in [3.63, 3.8) is 0 Å². The zero-order chi connectivity index (χ0) is 21.4. The molecule has 0 saturated carbocycles. The van der Waals surface area contributed by atoms with Crippen LogP contribution in [0.5, 0.6) is 17.2 Å². The zero-order valence-electron chi connectivity index (χ0n) is 18.0. The van der Waals surface area contributed by atoms with E-state index in [9.17, 15) is 0 Å². The van der Waals surface area contributed by atoms with Gasteiger partial charge in [0.1, 0.15) is 0 Å². The highest BCUT2D eigenvalue weighted by Gasteiger charge is 2.23. The minimum Gasteiger partial charge on any atom is -0.493 e. The first-order chi connectivity index (χ1) is 15.2. The number of methoxy groups -OCH3 is 3. The third kappa shape index (κ3) is 3.41. The van der Waals surface area contributed by atoms with Crippen molar-refractivity contribution < 1.29 is 14.2 Å². The first-order valence-corrected chi connectivity index (χ1v) is 10.3. The summed E-state index contributed by atoms with van der Waals surface area (Å²) in [4.78, 5) is 6.05. The molecule has 0 unspecified atom stereocenters. The average Bonchev–Trinajstić information content (AvgIpc) is 3.41. The normalized spacial score (nSPS) is 13.9. The fourth-order valence-electron chi connectivity index (χ4n) is 4.53. The highest BCUT2D eigenvalue weighted by Crippen LogP contribution is 2.41. The van der Waals surface area contributed by atoms with Gasteiger partial charge in [0.25, 0.3) is 0 Å². The van der Waals surface area contributed by atoms with E-state index >= 15 is 0 Å². The number of nitrogens with zero attached hydrogens (tertiary/aromatic N) is 2. The van der Waals surface area contributed by atoms with Crippen molar-refractivity contribution in [2.75, 3.05) is 27.9 Å². The van der Waals surface area contributed by atoms with Gasteiger partial charge in [-0.3, -0.25) is 10.00 Å². The van der Waals surface area contributed by atoms with Crippen molar-refractivity contribution in [3.05, 3.63) is 59.4 Å². The Bertz CT molecular complexity index is 1200. The van der Waals surface area contributed by atoms with Crippen LogP contribution >= 0.6 is 0 Å². The Balaban J connectivity index is 1.43. The lowest BCUT2D eigenvalue weighted by atomic mass is 10.0. The lowest BCUT2D eigenvalue weighted by Crippen LogP contribution is -2.29. The monoisotopic (exact) mass is 418 g/mol. The summed E-state index contributed by atoms with van der Waals surface area (Å²) in [5.74, 6) is 1.83. The van der Waals surface area contributed by atoms with Gasteiger partial charge in [0, 0.05) is 47.4 Å². The molecule has 0 atom stereocenters. The Kier molecular flexibility index (Phi) is 5.03. The summed E-state index contributed by atoms with van der Waals surface area (Å²) < 4.78 is 16.5. The number of hydrogen-bond acceptors (Lipinski definition) is 5. The summed E-state index contributed by atoms with van der Waals surface area (Å²) in [6, 6.07) is 12.4. The first-order valence-electron chi connectivity index (χ1n) is 10.3. The van der Waals surface area contributed by atoms with E-state index in [1.807, 2.05) is 18.3 Å². The van der Waals surface area contributed by atoms with Crippen molar-refractivity contribution >= 4 is 10.9 Å². The maximum Gasteiger partial charge on any atom is 0.203 e. The summed E-state index contributed by atoms with van der Waals surface area (Å²) >= 11 is 0. The van der Waals surface area contributed by atoms with Crippen molar-refractivity contribution in [2.45, 2.75) is 19.5 Å². The molecule has 0 radical (unpaired) electrons. The van der Waals surface area contributed by atoms with E-state index in [-0.39, 0.29) is 0 Å². The van der Waals surface area contributed by atoms with Gasteiger partial charge in [-0.15, -0.1) is 0 Å². The largest absolute Gasteiger partial charge is 0.493 e. The molecule has 2 aromatic carbocycles. The zero-order valence-corrected chi connectivity index (χ0v) is 18.0. The second kappa shape index (κ2) is 8.00. The van der Waals surface area contributed by atoms with Crippen LogP contribution in [0.4, 0.5) is 0 Å². The van der Waals surface area contributed by atoms with E-state index in [0.717, 1.165) is 42.9 Å². The lowest BCUT2D eigenvalue weighted by Gasteiger charge is -2.27. The minimum atomic E-state index is 0.581. The van der Waals surface area contributed by atoms with Crippen LogP contribution < -0.4 is 14.2 Å². The molecule has 0 aliphatic carbocycles. The predicted octanol–water partition coefficient (Wildman–Crippen LogP) is 4.14. The Hall–Kier alpha value is -3.45. The number of rotatable bonds is 6. The number of fused-ring (bicyclic) bond motifs is 3. The SMILES string of the molecule is COc1cc(-c2[nH]ncc2CN2CCc3c([nH]c4ccccc34)C2)cc(OC)c1OC. The van der Waals surface area contributed by atoms with Crippen LogP contribution in [0, 0.1) is 0 Å². The maximum absolute atomic E-state index is 5.52. The van der Waals surface area contributed by atoms with E-state index in [1.165, 1.54) is 22.2 Å². The summed E-state index contributed by atoms with van der Waals surface area (Å²) in [6.45, 7) is 2.70. The number of para-hydroxylation sites is 1. The van der Waals surface area contributed by atoms with E-state index in [1.54, 1.807) is 21.3 Å². The molecular formula is C24H26N4O3. The molecule has 2 aromatic heterocycles. The maximum atomic E-state index is 5.52. The van der Waals surface area contributed by atoms with E-state index in [2.05, 4.69) is 44.3 Å². The number of ether oxygens (including phenoxy) is 3. The second-order valence-corrected chi connectivity index (χ2v) is 7.77. The molecule has 0 fully saturated rings. The fourth-order valence-corrected chi connectivity index (χ4v) is 4.53. The van der Waals surface area contributed by atoms with Crippen LogP contribution in [-0.2, 0) is 19.5 Å². The lowest BCUT2D eigenvalue weighted by molar-refractivity contribution is 0.243. The van der Waals surface area contributed by atoms with Gasteiger partial charge in [-0.1, -0.05) is 18.2 Å². The number of aromatic amines is 2. The smallest absolute Gasteiger partial charge is 0.203 e. The number of aromatic nitrogens is 3. The molecule has 2 N–H and O–H groups in total. The van der Waals surface area contributed by atoms with Crippen molar-refractivity contribution in [1.82, 2.24) is 20.1 Å². The van der Waals surface area contributed by atoms with Gasteiger partial charge < -0.3 is 19.2 Å². The number of H-pyrrole nitrogens is 2. The summed E-state index contributed by atoms with van der Waals surface area (Å²) in [7, 11) is 4.86. The van der Waals surface area contributed by atoms with Gasteiger partial charge in [0.2, 0.25) is 5.75 Å². The summed E-state index contributed by atoms with van der Waals surface area (Å²) in [5.41, 5.74) is 7.02. The summed E-state index contributed by atoms with van der Waals surface area (Å²) in [5, 5.41) is 8.83. The second-order valence-electron chi connectivity index (χ2n) is 7.77. The van der Waals surface area contributed by atoms with E-state index < -0.39 is 0 Å². The molecule has 4 aromatic rings. The molecule has 0 amide bonds. The molecule has 3 heterocycles. The Morgan fingerprint density at radius 2 is 1.81 bits per heavy atom. The molecule has 7 nitrogen and oxygen atoms in total. The number of hydrogen-bond donors (Lipinski definition) is 2. The van der Waals surface area contributed by atoms with Gasteiger partial charge in [-0.25, -0.2) is 0 Å². The molecule has 31 heavy (non-hydrogen) atoms. The molecule has 1 aliphatic rings. The van der Waals surface area contributed by atoms with Gasteiger partial charge in [-0.2, -0.15) is 5.10 Å². The first kappa shape index (κ1) is 19.5. The van der Waals surface area contributed by atoms with Crippen molar-refractivity contribution in [2.24, 2.45) is 0 Å². The fraction of sp³-hybridized carbons (Fsp3) is 0.292. The Morgan fingerprint density at radius 1 is 1.03 bits per heavy atom. The predicted molar refractivity (Wildman–Crippen MR) is 120 cm³/mol. The molecular weight excluding hydrogens is 392 g/mol. The molecule has 0 saturated heterocycles. The Morgan fingerprint density at radius 3 is 2.55 bits per heavy atom. The van der Waals surface area contributed by atoms with Crippen molar-refractivity contribution in [1.29, 1.82) is 0 Å². The van der Waals surface area contributed by atoms with Gasteiger partial charge >= 0.3 is 0 Å². The molecule has 5 rings (SSSR count). The highest BCUT2D eigenvalue weighted by molar-refractivity contribution is 5.84. The molecule has 0 spiro atoms. The third-order valence-corrected chi connectivity index (χ3v) is 6.03. The van der Waals surface area contributed by atoms with Gasteiger partial charge in [-0.05, 0) is 30.2 Å². The van der Waals surface area contributed by atoms with Crippen LogP contribution in [0.2, 0.25) is 0 Å². The van der Waals surface area contributed by atoms with Crippen molar-refractivity contribution in [3.8, 4) is 28.5 Å².